The van der Waals surface area contributed by atoms with E-state index in [2.05, 4.69) is 69.2 Å². The summed E-state index contributed by atoms with van der Waals surface area (Å²) in [5, 5.41) is 4.86. The summed E-state index contributed by atoms with van der Waals surface area (Å²) in [7, 11) is 1.75. The van der Waals surface area contributed by atoms with Crippen LogP contribution in [-0.4, -0.2) is 36.1 Å². The van der Waals surface area contributed by atoms with Crippen molar-refractivity contribution in [2.24, 2.45) is 0 Å². The van der Waals surface area contributed by atoms with Crippen molar-refractivity contribution < 1.29 is 4.74 Å². The molecule has 0 saturated carbocycles. The molecule has 0 unspecified atom stereocenters. The van der Waals surface area contributed by atoms with Gasteiger partial charge in [0.15, 0.2) is 0 Å². The molecule has 2 N–H and O–H groups in total. The van der Waals surface area contributed by atoms with Gasteiger partial charge in [-0.25, -0.2) is 4.31 Å². The van der Waals surface area contributed by atoms with E-state index in [4.69, 9.17) is 4.74 Å². The zero-order valence-corrected chi connectivity index (χ0v) is 15.0. The quantitative estimate of drug-likeness (QED) is 0.639. The van der Waals surface area contributed by atoms with E-state index < -0.39 is 0 Å². The molecule has 2 aromatic carbocycles. The molecule has 0 fully saturated rings. The summed E-state index contributed by atoms with van der Waals surface area (Å²) < 4.78 is 7.58. The lowest BCUT2D eigenvalue weighted by Gasteiger charge is -2.14. The number of nitrogens with one attached hydrogen (secondary N) is 2. The Hall–Kier alpha value is -2.21. The lowest BCUT2D eigenvalue weighted by molar-refractivity contribution is 0.185. The molecular weight excluding hydrogens is 330 g/mol. The van der Waals surface area contributed by atoms with Gasteiger partial charge in [-0.15, -0.1) is 0 Å². The standard InChI is InChI=1S/C20H21N3OS/c1-24-12-11-23-14-19(20(25-23)15-5-3-2-4-6-15)22-17-7-8-18-16(13-17)9-10-21-18/h2-10,13,21-22H,11-12,14H2,1H3. The topological polar surface area (TPSA) is 40.3 Å². The number of rotatable bonds is 6. The van der Waals surface area contributed by atoms with Gasteiger partial charge in [0.05, 0.1) is 18.1 Å². The normalized spacial score (nSPS) is 15.2. The molecule has 4 nitrogen and oxygen atoms in total. The molecule has 3 aromatic rings. The molecule has 0 spiro atoms. The minimum Gasteiger partial charge on any atom is -0.383 e. The van der Waals surface area contributed by atoms with Crippen LogP contribution in [0.3, 0.4) is 0 Å². The van der Waals surface area contributed by atoms with E-state index in [-0.39, 0.29) is 0 Å². The maximum Gasteiger partial charge on any atom is 0.0599 e. The molecule has 1 aliphatic rings. The summed E-state index contributed by atoms with van der Waals surface area (Å²) in [4.78, 5) is 4.52. The smallest absolute Gasteiger partial charge is 0.0599 e. The molecule has 0 radical (unpaired) electrons. The van der Waals surface area contributed by atoms with Gasteiger partial charge < -0.3 is 15.0 Å². The van der Waals surface area contributed by atoms with E-state index >= 15 is 0 Å². The number of hydrogen-bond donors (Lipinski definition) is 2. The molecule has 128 valence electrons. The minimum absolute atomic E-state index is 0.734. The molecule has 25 heavy (non-hydrogen) atoms. The van der Waals surface area contributed by atoms with Crippen molar-refractivity contribution in [3.05, 3.63) is 72.1 Å². The van der Waals surface area contributed by atoms with Gasteiger partial charge in [0.25, 0.3) is 0 Å². The predicted molar refractivity (Wildman–Crippen MR) is 106 cm³/mol. The highest BCUT2D eigenvalue weighted by Crippen LogP contribution is 2.40. The SMILES string of the molecule is COCCN1CC(Nc2ccc3[nH]ccc3c2)=C(c2ccccc2)S1. The Kier molecular flexibility index (Phi) is 4.78. The first kappa shape index (κ1) is 16.3. The molecule has 1 aromatic heterocycles. The third-order valence-corrected chi connectivity index (χ3v) is 5.49. The number of aromatic amines is 1. The zero-order valence-electron chi connectivity index (χ0n) is 14.2. The molecule has 0 aliphatic carbocycles. The number of anilines is 1. The van der Waals surface area contributed by atoms with Gasteiger partial charge in [-0.2, -0.15) is 0 Å². The monoisotopic (exact) mass is 351 g/mol. The van der Waals surface area contributed by atoms with Crippen LogP contribution < -0.4 is 5.32 Å². The third-order valence-electron chi connectivity index (χ3n) is 4.26. The number of methoxy groups -OCH3 is 1. The molecule has 1 aliphatic heterocycles. The summed E-state index contributed by atoms with van der Waals surface area (Å²) >= 11 is 1.80. The molecule has 0 amide bonds. The fraction of sp³-hybridized carbons (Fsp3) is 0.200. The Bertz CT molecular complexity index is 888. The number of ether oxygens (including phenoxy) is 1. The molecule has 0 bridgehead atoms. The number of aromatic nitrogens is 1. The third kappa shape index (κ3) is 3.58. The summed E-state index contributed by atoms with van der Waals surface area (Å²) in [6.07, 6.45) is 1.97. The predicted octanol–water partition coefficient (Wildman–Crippen LogP) is 4.56. The van der Waals surface area contributed by atoms with Crippen LogP contribution in [0, 0.1) is 0 Å². The number of H-pyrrole nitrogens is 1. The first-order valence-electron chi connectivity index (χ1n) is 8.38. The number of hydrogen-bond acceptors (Lipinski definition) is 4. The van der Waals surface area contributed by atoms with Crippen molar-refractivity contribution >= 4 is 33.4 Å². The second-order valence-electron chi connectivity index (χ2n) is 6.03. The lowest BCUT2D eigenvalue weighted by Crippen LogP contribution is -2.20. The van der Waals surface area contributed by atoms with Gasteiger partial charge in [0.1, 0.15) is 0 Å². The van der Waals surface area contributed by atoms with E-state index in [1.807, 2.05) is 6.20 Å². The fourth-order valence-corrected chi connectivity index (χ4v) is 4.09. The summed E-state index contributed by atoms with van der Waals surface area (Å²) in [6.45, 7) is 2.51. The Morgan fingerprint density at radius 2 is 2.04 bits per heavy atom. The van der Waals surface area contributed by atoms with Gasteiger partial charge in [0, 0.05) is 42.1 Å². The van der Waals surface area contributed by atoms with E-state index in [0.29, 0.717) is 0 Å². The Morgan fingerprint density at radius 1 is 1.16 bits per heavy atom. The van der Waals surface area contributed by atoms with Crippen molar-refractivity contribution in [1.29, 1.82) is 0 Å². The number of fused-ring (bicyclic) bond motifs is 1. The van der Waals surface area contributed by atoms with Gasteiger partial charge in [-0.05, 0) is 41.8 Å². The van der Waals surface area contributed by atoms with Crippen molar-refractivity contribution in [2.45, 2.75) is 0 Å². The summed E-state index contributed by atoms with van der Waals surface area (Å²) in [6, 6.07) is 19.1. The van der Waals surface area contributed by atoms with Gasteiger partial charge in [0.2, 0.25) is 0 Å². The van der Waals surface area contributed by atoms with Gasteiger partial charge in [-0.3, -0.25) is 0 Å². The minimum atomic E-state index is 0.734. The van der Waals surface area contributed by atoms with Crippen LogP contribution in [0.15, 0.2) is 66.5 Å². The van der Waals surface area contributed by atoms with E-state index in [0.717, 1.165) is 30.9 Å². The van der Waals surface area contributed by atoms with Crippen LogP contribution in [0.1, 0.15) is 5.56 Å². The highest BCUT2D eigenvalue weighted by Gasteiger charge is 2.24. The van der Waals surface area contributed by atoms with E-state index in [1.54, 1.807) is 19.1 Å². The Labute approximate surface area is 152 Å². The molecule has 0 atom stereocenters. The molecule has 0 saturated heterocycles. The molecule has 4 rings (SSSR count). The summed E-state index contributed by atoms with van der Waals surface area (Å²) in [5.41, 5.74) is 4.76. The second-order valence-corrected chi connectivity index (χ2v) is 7.13. The number of benzene rings is 2. The Morgan fingerprint density at radius 3 is 2.88 bits per heavy atom. The van der Waals surface area contributed by atoms with Crippen molar-refractivity contribution in [3.63, 3.8) is 0 Å². The highest BCUT2D eigenvalue weighted by molar-refractivity contribution is 8.06. The number of nitrogens with zero attached hydrogens (tertiary/aromatic N) is 1. The van der Waals surface area contributed by atoms with Crippen molar-refractivity contribution in [1.82, 2.24) is 9.29 Å². The first-order chi connectivity index (χ1) is 12.3. The maximum atomic E-state index is 5.24. The van der Waals surface area contributed by atoms with Gasteiger partial charge in [-0.1, -0.05) is 30.3 Å². The fourth-order valence-electron chi connectivity index (χ4n) is 3.00. The van der Waals surface area contributed by atoms with Crippen LogP contribution in [0.2, 0.25) is 0 Å². The van der Waals surface area contributed by atoms with Crippen LogP contribution in [0.5, 0.6) is 0 Å². The molecule has 5 heteroatoms. The molecular formula is C20H21N3OS. The van der Waals surface area contributed by atoms with Crippen LogP contribution >= 0.6 is 11.9 Å². The maximum absolute atomic E-state index is 5.24. The zero-order chi connectivity index (χ0) is 17.1. The average Bonchev–Trinajstić information content (AvgIpc) is 3.27. The van der Waals surface area contributed by atoms with Crippen LogP contribution in [0.25, 0.3) is 15.8 Å². The lowest BCUT2D eigenvalue weighted by atomic mass is 10.1. The summed E-state index contributed by atoms with van der Waals surface area (Å²) in [5.74, 6) is 0. The Balaban J connectivity index is 1.62. The van der Waals surface area contributed by atoms with Crippen LogP contribution in [0.4, 0.5) is 5.69 Å². The largest absolute Gasteiger partial charge is 0.383 e. The van der Waals surface area contributed by atoms with Crippen molar-refractivity contribution in [2.75, 3.05) is 32.1 Å². The van der Waals surface area contributed by atoms with Crippen molar-refractivity contribution in [3.8, 4) is 0 Å². The highest BCUT2D eigenvalue weighted by atomic mass is 32.2. The van der Waals surface area contributed by atoms with Gasteiger partial charge >= 0.3 is 0 Å². The van der Waals surface area contributed by atoms with Crippen LogP contribution in [-0.2, 0) is 4.74 Å². The average molecular weight is 351 g/mol. The first-order valence-corrected chi connectivity index (χ1v) is 9.15. The molecule has 2 heterocycles. The van der Waals surface area contributed by atoms with E-state index in [9.17, 15) is 0 Å². The van der Waals surface area contributed by atoms with E-state index in [1.165, 1.54) is 21.6 Å². The second kappa shape index (κ2) is 7.35.